The number of carbonyl (C=O) groups excluding carboxylic acids is 1. The molecule has 0 radical (unpaired) electrons. The minimum atomic E-state index is -2.44. The maximum absolute atomic E-state index is 12.0. The molecule has 1 rings (SSSR count). The van der Waals surface area contributed by atoms with Gasteiger partial charge in [0.05, 0.1) is 6.04 Å². The fourth-order valence-corrected chi connectivity index (χ4v) is 1.47. The molecule has 0 aromatic heterocycles. The van der Waals surface area contributed by atoms with Crippen LogP contribution in [0.15, 0.2) is 29.2 Å². The van der Waals surface area contributed by atoms with Crippen molar-refractivity contribution < 1.29 is 13.6 Å². The number of halogens is 2. The maximum atomic E-state index is 12.0. The average molecular weight is 246 g/mol. The van der Waals surface area contributed by atoms with Gasteiger partial charge in [-0.05, 0) is 31.2 Å². The molecule has 0 aliphatic heterocycles. The molecule has 0 bridgehead atoms. The number of hydrogen-bond acceptors (Lipinski definition) is 3. The first-order valence-electron chi connectivity index (χ1n) is 4.60. The summed E-state index contributed by atoms with van der Waals surface area (Å²) in [7, 11) is 0. The number of thioether (sulfide) groups is 1. The molecular weight excluding hydrogens is 234 g/mol. The molecule has 0 saturated carbocycles. The van der Waals surface area contributed by atoms with E-state index < -0.39 is 11.8 Å². The van der Waals surface area contributed by atoms with Gasteiger partial charge in [-0.15, -0.1) is 0 Å². The van der Waals surface area contributed by atoms with E-state index in [4.69, 9.17) is 5.73 Å². The Hall–Kier alpha value is -1.14. The molecule has 88 valence electrons. The molecular formula is C10H12F2N2OS. The van der Waals surface area contributed by atoms with Crippen LogP contribution in [0.4, 0.5) is 14.5 Å². The van der Waals surface area contributed by atoms with Gasteiger partial charge in [0.2, 0.25) is 5.91 Å². The van der Waals surface area contributed by atoms with Gasteiger partial charge >= 0.3 is 0 Å². The summed E-state index contributed by atoms with van der Waals surface area (Å²) in [6, 6.07) is 5.56. The Labute approximate surface area is 96.4 Å². The first-order chi connectivity index (χ1) is 7.49. The summed E-state index contributed by atoms with van der Waals surface area (Å²) in [4.78, 5) is 11.7. The highest BCUT2D eigenvalue weighted by molar-refractivity contribution is 7.99. The zero-order chi connectivity index (χ0) is 12.1. The van der Waals surface area contributed by atoms with E-state index in [1.54, 1.807) is 19.1 Å². The van der Waals surface area contributed by atoms with Gasteiger partial charge in [0.1, 0.15) is 0 Å². The normalized spacial score (nSPS) is 12.6. The summed E-state index contributed by atoms with van der Waals surface area (Å²) in [6.45, 7) is 1.57. The van der Waals surface area contributed by atoms with Gasteiger partial charge in [-0.25, -0.2) is 0 Å². The molecule has 3 nitrogen and oxygen atoms in total. The first-order valence-corrected chi connectivity index (χ1v) is 5.48. The van der Waals surface area contributed by atoms with Crippen LogP contribution >= 0.6 is 11.8 Å². The third kappa shape index (κ3) is 4.16. The number of rotatable bonds is 4. The van der Waals surface area contributed by atoms with E-state index in [2.05, 4.69) is 5.32 Å². The Morgan fingerprint density at radius 3 is 2.38 bits per heavy atom. The number of alkyl halides is 2. The molecule has 6 heteroatoms. The van der Waals surface area contributed by atoms with Gasteiger partial charge in [0, 0.05) is 10.6 Å². The highest BCUT2D eigenvalue weighted by Gasteiger charge is 2.08. The minimum Gasteiger partial charge on any atom is -0.325 e. The second-order valence-corrected chi connectivity index (χ2v) is 4.24. The van der Waals surface area contributed by atoms with Crippen LogP contribution in [-0.2, 0) is 4.79 Å². The van der Waals surface area contributed by atoms with Gasteiger partial charge in [-0.3, -0.25) is 4.79 Å². The summed E-state index contributed by atoms with van der Waals surface area (Å²) in [5, 5.41) is 2.56. The molecule has 0 spiro atoms. The van der Waals surface area contributed by atoms with E-state index in [-0.39, 0.29) is 5.91 Å². The molecule has 1 amide bonds. The van der Waals surface area contributed by atoms with Crippen LogP contribution in [0.1, 0.15) is 6.92 Å². The van der Waals surface area contributed by atoms with Crippen LogP contribution < -0.4 is 11.1 Å². The van der Waals surface area contributed by atoms with Crippen LogP contribution in [0.2, 0.25) is 0 Å². The molecule has 1 aromatic carbocycles. The number of amides is 1. The fourth-order valence-electron chi connectivity index (χ4n) is 0.976. The Bertz CT molecular complexity index is 354. The second kappa shape index (κ2) is 5.81. The van der Waals surface area contributed by atoms with Crippen molar-refractivity contribution in [3.05, 3.63) is 24.3 Å². The lowest BCUT2D eigenvalue weighted by Crippen LogP contribution is -2.32. The van der Waals surface area contributed by atoms with Crippen molar-refractivity contribution in [1.82, 2.24) is 0 Å². The van der Waals surface area contributed by atoms with Gasteiger partial charge in [-0.2, -0.15) is 8.78 Å². The molecule has 0 fully saturated rings. The number of benzene rings is 1. The van der Waals surface area contributed by atoms with Crippen molar-refractivity contribution in [2.75, 3.05) is 5.32 Å². The van der Waals surface area contributed by atoms with E-state index in [0.29, 0.717) is 22.3 Å². The lowest BCUT2D eigenvalue weighted by Gasteiger charge is -2.08. The van der Waals surface area contributed by atoms with Gasteiger partial charge in [0.15, 0.2) is 0 Å². The van der Waals surface area contributed by atoms with E-state index in [1.807, 2.05) is 0 Å². The van der Waals surface area contributed by atoms with E-state index in [0.717, 1.165) is 0 Å². The third-order valence-electron chi connectivity index (χ3n) is 1.76. The predicted molar refractivity (Wildman–Crippen MR) is 60.6 cm³/mol. The summed E-state index contributed by atoms with van der Waals surface area (Å²) >= 11 is 0.462. The van der Waals surface area contributed by atoms with Crippen molar-refractivity contribution in [1.29, 1.82) is 0 Å². The summed E-state index contributed by atoms with van der Waals surface area (Å²) in [5.41, 5.74) is 5.91. The topological polar surface area (TPSA) is 55.1 Å². The largest absolute Gasteiger partial charge is 0.325 e. The van der Waals surface area contributed by atoms with Crippen molar-refractivity contribution in [2.45, 2.75) is 23.6 Å². The second-order valence-electron chi connectivity index (χ2n) is 3.18. The summed E-state index contributed by atoms with van der Waals surface area (Å²) in [6.07, 6.45) is 0. The summed E-state index contributed by atoms with van der Waals surface area (Å²) < 4.78 is 24.0. The van der Waals surface area contributed by atoms with E-state index in [9.17, 15) is 13.6 Å². The standard InChI is InChI=1S/C10H12F2N2OS/c1-6(13)9(15)14-7-2-4-8(5-3-7)16-10(11)12/h2-6,10H,13H2,1H3,(H,14,15). The van der Waals surface area contributed by atoms with Crippen LogP contribution in [0, 0.1) is 0 Å². The molecule has 1 aromatic rings. The van der Waals surface area contributed by atoms with E-state index in [1.165, 1.54) is 12.1 Å². The Kier molecular flexibility index (Phi) is 4.70. The SMILES string of the molecule is CC(N)C(=O)Nc1ccc(SC(F)F)cc1. The van der Waals surface area contributed by atoms with E-state index >= 15 is 0 Å². The number of nitrogens with one attached hydrogen (secondary N) is 1. The van der Waals surface area contributed by atoms with Gasteiger partial charge in [0.25, 0.3) is 5.76 Å². The maximum Gasteiger partial charge on any atom is 0.288 e. The Morgan fingerprint density at radius 2 is 1.94 bits per heavy atom. The molecule has 0 saturated heterocycles. The number of carbonyl (C=O) groups is 1. The predicted octanol–water partition coefficient (Wildman–Crippen LogP) is 2.29. The number of hydrogen-bond donors (Lipinski definition) is 2. The van der Waals surface area contributed by atoms with Gasteiger partial charge in [-0.1, -0.05) is 11.8 Å². The Morgan fingerprint density at radius 1 is 1.38 bits per heavy atom. The quantitative estimate of drug-likeness (QED) is 0.801. The third-order valence-corrected chi connectivity index (χ3v) is 2.48. The number of anilines is 1. The number of nitrogens with two attached hydrogens (primary N) is 1. The highest BCUT2D eigenvalue weighted by Crippen LogP contribution is 2.26. The molecule has 0 heterocycles. The van der Waals surface area contributed by atoms with Crippen LogP contribution in [-0.4, -0.2) is 17.7 Å². The van der Waals surface area contributed by atoms with Gasteiger partial charge < -0.3 is 11.1 Å². The van der Waals surface area contributed by atoms with Crippen molar-refractivity contribution in [2.24, 2.45) is 5.73 Å². The van der Waals surface area contributed by atoms with Crippen molar-refractivity contribution in [3.63, 3.8) is 0 Å². The zero-order valence-corrected chi connectivity index (χ0v) is 9.43. The first kappa shape index (κ1) is 12.9. The minimum absolute atomic E-state index is 0.311. The lowest BCUT2D eigenvalue weighted by atomic mass is 10.3. The molecule has 16 heavy (non-hydrogen) atoms. The molecule has 3 N–H and O–H groups in total. The molecule has 1 atom stereocenters. The van der Waals surface area contributed by atoms with Crippen molar-refractivity contribution in [3.8, 4) is 0 Å². The monoisotopic (exact) mass is 246 g/mol. The van der Waals surface area contributed by atoms with Crippen molar-refractivity contribution >= 4 is 23.4 Å². The smallest absolute Gasteiger partial charge is 0.288 e. The zero-order valence-electron chi connectivity index (χ0n) is 8.61. The molecule has 0 aliphatic carbocycles. The van der Waals surface area contributed by atoms with Crippen LogP contribution in [0.25, 0.3) is 0 Å². The lowest BCUT2D eigenvalue weighted by molar-refractivity contribution is -0.117. The summed E-state index contributed by atoms with van der Waals surface area (Å²) in [5.74, 6) is -2.75. The Balaban J connectivity index is 2.61. The highest BCUT2D eigenvalue weighted by atomic mass is 32.2. The molecule has 1 unspecified atom stereocenters. The fraction of sp³-hybridized carbons (Fsp3) is 0.300. The molecule has 0 aliphatic rings. The van der Waals surface area contributed by atoms with Crippen LogP contribution in [0.3, 0.4) is 0 Å². The van der Waals surface area contributed by atoms with Crippen LogP contribution in [0.5, 0.6) is 0 Å². The average Bonchev–Trinajstić information content (AvgIpc) is 2.20.